The maximum atomic E-state index is 13.5. The molecule has 150 valence electrons. The van der Waals surface area contributed by atoms with Crippen LogP contribution >= 0.6 is 23.2 Å². The molecule has 29 heavy (non-hydrogen) atoms. The van der Waals surface area contributed by atoms with Gasteiger partial charge in [0.1, 0.15) is 5.70 Å². The van der Waals surface area contributed by atoms with Gasteiger partial charge in [0.05, 0.1) is 16.3 Å². The molecule has 2 aliphatic heterocycles. The van der Waals surface area contributed by atoms with E-state index in [2.05, 4.69) is 6.92 Å². The molecule has 0 saturated carbocycles. The van der Waals surface area contributed by atoms with Crippen LogP contribution in [0.15, 0.2) is 48.2 Å². The SMILES string of the molecule is Cc1ccc(N2C(=O)C(c3ccc(Cl)cc3Cl)=C(N3CCC(C)CC3)C2=O)cc1. The smallest absolute Gasteiger partial charge is 0.282 e. The fourth-order valence-corrected chi connectivity index (χ4v) is 4.41. The second-order valence-corrected chi connectivity index (χ2v) is 8.64. The Labute approximate surface area is 180 Å². The fraction of sp³-hybridized carbons (Fsp3) is 0.304. The Bertz CT molecular complexity index is 1010. The number of rotatable bonds is 3. The van der Waals surface area contributed by atoms with Crippen molar-refractivity contribution >= 4 is 46.3 Å². The van der Waals surface area contributed by atoms with Crippen molar-refractivity contribution in [1.29, 1.82) is 0 Å². The lowest BCUT2D eigenvalue weighted by molar-refractivity contribution is -0.120. The van der Waals surface area contributed by atoms with E-state index in [-0.39, 0.29) is 11.8 Å². The summed E-state index contributed by atoms with van der Waals surface area (Å²) in [6, 6.07) is 12.4. The summed E-state index contributed by atoms with van der Waals surface area (Å²) in [5.74, 6) is -0.0408. The second-order valence-electron chi connectivity index (χ2n) is 7.80. The molecule has 2 aromatic rings. The maximum absolute atomic E-state index is 13.5. The highest BCUT2D eigenvalue weighted by Crippen LogP contribution is 2.39. The molecule has 0 radical (unpaired) electrons. The van der Waals surface area contributed by atoms with Crippen LogP contribution in [-0.2, 0) is 9.59 Å². The quantitative estimate of drug-likeness (QED) is 0.621. The van der Waals surface area contributed by atoms with Crippen LogP contribution in [0.5, 0.6) is 0 Å². The van der Waals surface area contributed by atoms with Crippen LogP contribution in [0, 0.1) is 12.8 Å². The summed E-state index contributed by atoms with van der Waals surface area (Å²) >= 11 is 12.5. The first kappa shape index (κ1) is 20.0. The van der Waals surface area contributed by atoms with Gasteiger partial charge in [0, 0.05) is 23.7 Å². The van der Waals surface area contributed by atoms with Gasteiger partial charge in [-0.2, -0.15) is 0 Å². The third kappa shape index (κ3) is 3.67. The highest BCUT2D eigenvalue weighted by atomic mass is 35.5. The van der Waals surface area contributed by atoms with Crippen molar-refractivity contribution in [2.24, 2.45) is 5.92 Å². The molecule has 2 amide bonds. The fourth-order valence-electron chi connectivity index (χ4n) is 3.91. The summed E-state index contributed by atoms with van der Waals surface area (Å²) < 4.78 is 0. The molecule has 0 N–H and O–H groups in total. The van der Waals surface area contributed by atoms with Crippen molar-refractivity contribution in [3.05, 3.63) is 69.3 Å². The molecule has 4 rings (SSSR count). The Morgan fingerprint density at radius 3 is 2.21 bits per heavy atom. The van der Waals surface area contributed by atoms with Gasteiger partial charge in [0.2, 0.25) is 0 Å². The van der Waals surface area contributed by atoms with Crippen molar-refractivity contribution in [3.8, 4) is 0 Å². The molecule has 2 aliphatic rings. The molecule has 0 aliphatic carbocycles. The Hall–Kier alpha value is -2.30. The van der Waals surface area contributed by atoms with Gasteiger partial charge in [0.25, 0.3) is 11.8 Å². The second kappa shape index (κ2) is 7.85. The van der Waals surface area contributed by atoms with E-state index >= 15 is 0 Å². The van der Waals surface area contributed by atoms with Gasteiger partial charge in [-0.3, -0.25) is 9.59 Å². The number of benzene rings is 2. The van der Waals surface area contributed by atoms with Crippen molar-refractivity contribution in [3.63, 3.8) is 0 Å². The largest absolute Gasteiger partial charge is 0.366 e. The molecule has 0 atom stereocenters. The van der Waals surface area contributed by atoms with Gasteiger partial charge < -0.3 is 4.90 Å². The Balaban J connectivity index is 1.83. The van der Waals surface area contributed by atoms with E-state index < -0.39 is 0 Å². The van der Waals surface area contributed by atoms with E-state index in [0.717, 1.165) is 31.5 Å². The summed E-state index contributed by atoms with van der Waals surface area (Å²) in [4.78, 5) is 30.3. The van der Waals surface area contributed by atoms with Gasteiger partial charge in [-0.25, -0.2) is 4.90 Å². The van der Waals surface area contributed by atoms with Crippen LogP contribution in [0.25, 0.3) is 5.57 Å². The number of amides is 2. The molecule has 0 unspecified atom stereocenters. The number of likely N-dealkylation sites (tertiary alicyclic amines) is 1. The third-order valence-corrected chi connectivity index (χ3v) is 6.20. The molecule has 6 heteroatoms. The van der Waals surface area contributed by atoms with Gasteiger partial charge in [0.15, 0.2) is 0 Å². The molecule has 0 bridgehead atoms. The molecule has 1 fully saturated rings. The normalized spacial score (nSPS) is 18.2. The minimum absolute atomic E-state index is 0.297. The van der Waals surface area contributed by atoms with E-state index in [9.17, 15) is 9.59 Å². The number of piperidine rings is 1. The van der Waals surface area contributed by atoms with Crippen LogP contribution in [0.3, 0.4) is 0 Å². The van der Waals surface area contributed by atoms with Gasteiger partial charge >= 0.3 is 0 Å². The zero-order valence-electron chi connectivity index (χ0n) is 16.4. The molecule has 0 aromatic heterocycles. The number of hydrogen-bond acceptors (Lipinski definition) is 3. The number of halogens is 2. The zero-order valence-corrected chi connectivity index (χ0v) is 17.9. The van der Waals surface area contributed by atoms with Gasteiger partial charge in [-0.15, -0.1) is 0 Å². The van der Waals surface area contributed by atoms with Crippen molar-refractivity contribution < 1.29 is 9.59 Å². The standard InChI is InChI=1S/C23H22Cl2N2O2/c1-14-3-6-17(7-4-14)27-22(28)20(18-8-5-16(24)13-19(18)25)21(23(27)29)26-11-9-15(2)10-12-26/h3-8,13,15H,9-12H2,1-2H3. The van der Waals surface area contributed by atoms with E-state index in [1.807, 2.05) is 24.0 Å². The number of carbonyl (C=O) groups is 2. The molecule has 2 heterocycles. The summed E-state index contributed by atoms with van der Waals surface area (Å²) in [5, 5.41) is 0.849. The Morgan fingerprint density at radius 1 is 0.931 bits per heavy atom. The van der Waals surface area contributed by atoms with E-state index in [1.165, 1.54) is 4.90 Å². The third-order valence-electron chi connectivity index (χ3n) is 5.65. The summed E-state index contributed by atoms with van der Waals surface area (Å²) in [6.07, 6.45) is 1.97. The highest BCUT2D eigenvalue weighted by molar-refractivity contribution is 6.47. The first-order valence-electron chi connectivity index (χ1n) is 9.77. The van der Waals surface area contributed by atoms with E-state index in [1.54, 1.807) is 30.3 Å². The van der Waals surface area contributed by atoms with Crippen molar-refractivity contribution in [1.82, 2.24) is 4.90 Å². The van der Waals surface area contributed by atoms with Crippen LogP contribution in [-0.4, -0.2) is 29.8 Å². The average molecular weight is 429 g/mol. The minimum Gasteiger partial charge on any atom is -0.366 e. The molecule has 0 spiro atoms. The number of carbonyl (C=O) groups excluding carboxylic acids is 2. The van der Waals surface area contributed by atoms with Crippen LogP contribution in [0.4, 0.5) is 5.69 Å². The topological polar surface area (TPSA) is 40.6 Å². The molecule has 4 nitrogen and oxygen atoms in total. The van der Waals surface area contributed by atoms with Crippen LogP contribution < -0.4 is 4.90 Å². The predicted molar refractivity (Wildman–Crippen MR) is 117 cm³/mol. The van der Waals surface area contributed by atoms with E-state index in [4.69, 9.17) is 23.2 Å². The molecule has 1 saturated heterocycles. The maximum Gasteiger partial charge on any atom is 0.282 e. The lowest BCUT2D eigenvalue weighted by Crippen LogP contribution is -2.38. The number of nitrogens with zero attached hydrogens (tertiary/aromatic N) is 2. The molecular weight excluding hydrogens is 407 g/mol. The van der Waals surface area contributed by atoms with E-state index in [0.29, 0.717) is 38.5 Å². The van der Waals surface area contributed by atoms with Gasteiger partial charge in [-0.1, -0.05) is 53.9 Å². The average Bonchev–Trinajstić information content (AvgIpc) is 2.94. The first-order chi connectivity index (χ1) is 13.9. The monoisotopic (exact) mass is 428 g/mol. The number of aryl methyl sites for hydroxylation is 1. The summed E-state index contributed by atoms with van der Waals surface area (Å²) in [6.45, 7) is 5.66. The summed E-state index contributed by atoms with van der Waals surface area (Å²) in [5.41, 5.74) is 2.96. The van der Waals surface area contributed by atoms with Crippen LogP contribution in [0.1, 0.15) is 30.9 Å². The van der Waals surface area contributed by atoms with Gasteiger partial charge in [-0.05, 0) is 49.9 Å². The molecular formula is C23H22Cl2N2O2. The predicted octanol–water partition coefficient (Wildman–Crippen LogP) is 5.32. The zero-order chi connectivity index (χ0) is 20.7. The molecule has 2 aromatic carbocycles. The lowest BCUT2D eigenvalue weighted by Gasteiger charge is -2.32. The first-order valence-corrected chi connectivity index (χ1v) is 10.5. The minimum atomic E-state index is -0.350. The Morgan fingerprint density at radius 2 is 1.59 bits per heavy atom. The Kier molecular flexibility index (Phi) is 5.41. The summed E-state index contributed by atoms with van der Waals surface area (Å²) in [7, 11) is 0. The van der Waals surface area contributed by atoms with Crippen molar-refractivity contribution in [2.75, 3.05) is 18.0 Å². The van der Waals surface area contributed by atoms with Crippen LogP contribution in [0.2, 0.25) is 10.0 Å². The number of anilines is 1. The van der Waals surface area contributed by atoms with Crippen molar-refractivity contribution in [2.45, 2.75) is 26.7 Å². The number of imide groups is 1. The lowest BCUT2D eigenvalue weighted by atomic mass is 9.97. The highest BCUT2D eigenvalue weighted by Gasteiger charge is 2.43. The number of hydrogen-bond donors (Lipinski definition) is 0.